The maximum Gasteiger partial charge on any atom is 0.336 e. The molecule has 0 spiro atoms. The predicted octanol–water partition coefficient (Wildman–Crippen LogP) is 5.85. The van der Waals surface area contributed by atoms with E-state index in [0.717, 1.165) is 24.0 Å². The van der Waals surface area contributed by atoms with Crippen molar-refractivity contribution >= 4 is 12.0 Å². The van der Waals surface area contributed by atoms with Crippen LogP contribution in [0, 0.1) is 0 Å². The second-order valence-corrected chi connectivity index (χ2v) is 6.83. The summed E-state index contributed by atoms with van der Waals surface area (Å²) in [6, 6.07) is 23.1. The fraction of sp³-hybridized carbons (Fsp3) is 0.192. The van der Waals surface area contributed by atoms with Gasteiger partial charge in [-0.3, -0.25) is 0 Å². The number of ether oxygens (including phenoxy) is 3. The average Bonchev–Trinajstić information content (AvgIpc) is 2.78. The third kappa shape index (κ3) is 6.24. The molecule has 0 heterocycles. The van der Waals surface area contributed by atoms with Gasteiger partial charge in [-0.2, -0.15) is 0 Å². The minimum Gasteiger partial charge on any atom is -0.493 e. The Morgan fingerprint density at radius 2 is 1.67 bits per heavy atom. The summed E-state index contributed by atoms with van der Waals surface area (Å²) in [4.78, 5) is 12.1. The van der Waals surface area contributed by atoms with E-state index >= 15 is 0 Å². The summed E-state index contributed by atoms with van der Waals surface area (Å²) < 4.78 is 16.6. The van der Waals surface area contributed by atoms with Gasteiger partial charge in [0.05, 0.1) is 7.11 Å². The van der Waals surface area contributed by atoms with Crippen LogP contribution in [0.1, 0.15) is 30.0 Å². The van der Waals surface area contributed by atoms with E-state index in [2.05, 4.69) is 6.92 Å². The zero-order valence-corrected chi connectivity index (χ0v) is 17.3. The number of hydrogen-bond donors (Lipinski definition) is 0. The van der Waals surface area contributed by atoms with Crippen molar-refractivity contribution in [3.05, 3.63) is 95.6 Å². The van der Waals surface area contributed by atoms with E-state index in [0.29, 0.717) is 23.9 Å². The molecule has 0 aliphatic carbocycles. The van der Waals surface area contributed by atoms with Crippen LogP contribution in [0.5, 0.6) is 17.2 Å². The highest BCUT2D eigenvalue weighted by atomic mass is 16.5. The molecule has 0 atom stereocenters. The van der Waals surface area contributed by atoms with Crippen LogP contribution in [0.15, 0.2) is 78.9 Å². The Kier molecular flexibility index (Phi) is 7.67. The topological polar surface area (TPSA) is 44.8 Å². The van der Waals surface area contributed by atoms with Crippen LogP contribution >= 0.6 is 0 Å². The van der Waals surface area contributed by atoms with Gasteiger partial charge in [0.25, 0.3) is 0 Å². The number of benzene rings is 3. The largest absolute Gasteiger partial charge is 0.493 e. The van der Waals surface area contributed by atoms with E-state index in [1.54, 1.807) is 13.2 Å². The Bertz CT molecular complexity index is 976. The molecule has 0 saturated heterocycles. The molecule has 0 saturated carbocycles. The van der Waals surface area contributed by atoms with Crippen LogP contribution in [0.3, 0.4) is 0 Å². The van der Waals surface area contributed by atoms with Crippen LogP contribution in [0.25, 0.3) is 6.08 Å². The summed E-state index contributed by atoms with van der Waals surface area (Å²) in [7, 11) is 1.59. The monoisotopic (exact) mass is 402 g/mol. The number of esters is 1. The van der Waals surface area contributed by atoms with E-state index in [-0.39, 0.29) is 0 Å². The second-order valence-electron chi connectivity index (χ2n) is 6.83. The Morgan fingerprint density at radius 1 is 0.900 bits per heavy atom. The lowest BCUT2D eigenvalue weighted by atomic mass is 10.1. The molecule has 0 aliphatic rings. The molecule has 0 aromatic heterocycles. The SMILES string of the molecule is CCCc1ccc(OC(=O)/C=C/c2ccc(OCc3ccccc3)c(OC)c2)cc1. The molecule has 30 heavy (non-hydrogen) atoms. The summed E-state index contributed by atoms with van der Waals surface area (Å²) in [6.45, 7) is 2.59. The van der Waals surface area contributed by atoms with Gasteiger partial charge in [0.15, 0.2) is 11.5 Å². The highest BCUT2D eigenvalue weighted by Crippen LogP contribution is 2.29. The molecule has 0 amide bonds. The van der Waals surface area contributed by atoms with Gasteiger partial charge in [-0.15, -0.1) is 0 Å². The Labute approximate surface area is 177 Å². The molecule has 3 rings (SSSR count). The lowest BCUT2D eigenvalue weighted by Gasteiger charge is -2.11. The summed E-state index contributed by atoms with van der Waals surface area (Å²) in [5.41, 5.74) is 3.12. The van der Waals surface area contributed by atoms with Gasteiger partial charge in [-0.1, -0.05) is 61.9 Å². The molecule has 0 aliphatic heterocycles. The maximum absolute atomic E-state index is 12.1. The number of carbonyl (C=O) groups is 1. The fourth-order valence-corrected chi connectivity index (χ4v) is 2.97. The molecule has 3 aromatic rings. The highest BCUT2D eigenvalue weighted by Gasteiger charge is 2.06. The minimum absolute atomic E-state index is 0.429. The van der Waals surface area contributed by atoms with Crippen LogP contribution in [0.2, 0.25) is 0 Å². The van der Waals surface area contributed by atoms with Crippen molar-refractivity contribution in [1.29, 1.82) is 0 Å². The molecule has 0 bridgehead atoms. The molecule has 0 fully saturated rings. The first-order valence-electron chi connectivity index (χ1n) is 10.0. The quantitative estimate of drug-likeness (QED) is 0.256. The molecular weight excluding hydrogens is 376 g/mol. The number of rotatable bonds is 9. The van der Waals surface area contributed by atoms with Crippen molar-refractivity contribution in [3.8, 4) is 17.2 Å². The van der Waals surface area contributed by atoms with Crippen molar-refractivity contribution in [1.82, 2.24) is 0 Å². The van der Waals surface area contributed by atoms with Crippen molar-refractivity contribution in [2.75, 3.05) is 7.11 Å². The summed E-state index contributed by atoms with van der Waals surface area (Å²) in [6.07, 6.45) is 5.19. The van der Waals surface area contributed by atoms with Crippen molar-refractivity contribution in [3.63, 3.8) is 0 Å². The molecule has 3 aromatic carbocycles. The first kappa shape index (κ1) is 21.2. The normalized spacial score (nSPS) is 10.7. The first-order valence-corrected chi connectivity index (χ1v) is 10.0. The zero-order chi connectivity index (χ0) is 21.2. The van der Waals surface area contributed by atoms with E-state index in [1.807, 2.05) is 72.8 Å². The van der Waals surface area contributed by atoms with Crippen molar-refractivity contribution < 1.29 is 19.0 Å². The molecule has 0 unspecified atom stereocenters. The molecule has 154 valence electrons. The second kappa shape index (κ2) is 10.9. The molecule has 4 nitrogen and oxygen atoms in total. The highest BCUT2D eigenvalue weighted by molar-refractivity contribution is 5.88. The third-order valence-corrected chi connectivity index (χ3v) is 4.52. The third-order valence-electron chi connectivity index (χ3n) is 4.52. The maximum atomic E-state index is 12.1. The molecule has 0 radical (unpaired) electrons. The standard InChI is InChI=1S/C26H26O4/c1-3-7-20-10-14-23(15-11-20)30-26(27)17-13-21-12-16-24(25(18-21)28-2)29-19-22-8-5-4-6-9-22/h4-6,8-18H,3,7,19H2,1-2H3/b17-13+. The predicted molar refractivity (Wildman–Crippen MR) is 119 cm³/mol. The number of hydrogen-bond acceptors (Lipinski definition) is 4. The lowest BCUT2D eigenvalue weighted by molar-refractivity contribution is -0.128. The van der Waals surface area contributed by atoms with Crippen molar-refractivity contribution in [2.24, 2.45) is 0 Å². The van der Waals surface area contributed by atoms with Gasteiger partial charge < -0.3 is 14.2 Å². The van der Waals surface area contributed by atoms with E-state index in [9.17, 15) is 4.79 Å². The number of carbonyl (C=O) groups excluding carboxylic acids is 1. The van der Waals surface area contributed by atoms with E-state index in [1.165, 1.54) is 11.6 Å². The van der Waals surface area contributed by atoms with Crippen LogP contribution in [-0.2, 0) is 17.8 Å². The minimum atomic E-state index is -0.429. The van der Waals surface area contributed by atoms with Crippen LogP contribution in [0.4, 0.5) is 0 Å². The zero-order valence-electron chi connectivity index (χ0n) is 17.3. The Hall–Kier alpha value is -3.53. The van der Waals surface area contributed by atoms with E-state index < -0.39 is 5.97 Å². The fourth-order valence-electron chi connectivity index (χ4n) is 2.97. The van der Waals surface area contributed by atoms with Gasteiger partial charge in [-0.05, 0) is 53.5 Å². The van der Waals surface area contributed by atoms with E-state index in [4.69, 9.17) is 14.2 Å². The smallest absolute Gasteiger partial charge is 0.336 e. The van der Waals surface area contributed by atoms with Crippen LogP contribution < -0.4 is 14.2 Å². The van der Waals surface area contributed by atoms with Crippen LogP contribution in [-0.4, -0.2) is 13.1 Å². The van der Waals surface area contributed by atoms with Gasteiger partial charge in [-0.25, -0.2) is 4.79 Å². The Balaban J connectivity index is 1.59. The lowest BCUT2D eigenvalue weighted by Crippen LogP contribution is -2.03. The van der Waals surface area contributed by atoms with Gasteiger partial charge in [0.2, 0.25) is 0 Å². The number of aryl methyl sites for hydroxylation is 1. The molecular formula is C26H26O4. The summed E-state index contributed by atoms with van der Waals surface area (Å²) in [5, 5.41) is 0. The van der Waals surface area contributed by atoms with Gasteiger partial charge >= 0.3 is 5.97 Å². The molecule has 4 heteroatoms. The Morgan fingerprint density at radius 3 is 2.37 bits per heavy atom. The number of methoxy groups -OCH3 is 1. The average molecular weight is 402 g/mol. The summed E-state index contributed by atoms with van der Waals surface area (Å²) in [5.74, 6) is 1.36. The summed E-state index contributed by atoms with van der Waals surface area (Å²) >= 11 is 0. The first-order chi connectivity index (χ1) is 14.7. The van der Waals surface area contributed by atoms with Gasteiger partial charge in [0, 0.05) is 6.08 Å². The van der Waals surface area contributed by atoms with Gasteiger partial charge in [0.1, 0.15) is 12.4 Å². The molecule has 0 N–H and O–H groups in total. The van der Waals surface area contributed by atoms with Crippen molar-refractivity contribution in [2.45, 2.75) is 26.4 Å².